The molecule has 0 spiro atoms. The lowest BCUT2D eigenvalue weighted by atomic mass is 10.1. The van der Waals surface area contributed by atoms with Crippen molar-refractivity contribution in [3.8, 4) is 5.69 Å². The first kappa shape index (κ1) is 19.9. The summed E-state index contributed by atoms with van der Waals surface area (Å²) in [7, 11) is 1.60. The van der Waals surface area contributed by atoms with Crippen LogP contribution in [0.15, 0.2) is 53.1 Å². The van der Waals surface area contributed by atoms with E-state index in [9.17, 15) is 13.2 Å². The smallest absolute Gasteiger partial charge is 0.350 e. The number of rotatable bonds is 5. The van der Waals surface area contributed by atoms with Crippen molar-refractivity contribution in [1.29, 1.82) is 0 Å². The number of nitrogens with one attached hydrogen (secondary N) is 2. The van der Waals surface area contributed by atoms with Crippen LogP contribution in [0, 0.1) is 0 Å². The van der Waals surface area contributed by atoms with Crippen LogP contribution in [0.4, 0.5) is 13.2 Å². The van der Waals surface area contributed by atoms with Crippen LogP contribution >= 0.6 is 11.3 Å². The van der Waals surface area contributed by atoms with Gasteiger partial charge in [0.15, 0.2) is 11.7 Å². The summed E-state index contributed by atoms with van der Waals surface area (Å²) in [6.07, 6.45) is -0.855. The van der Waals surface area contributed by atoms with E-state index in [1.165, 1.54) is 0 Å². The highest BCUT2D eigenvalue weighted by atomic mass is 32.1. The minimum atomic E-state index is -4.43. The standard InChI is InChI=1S/C18H19F3N6S/c1-12(13-5-3-6-14(9-13)27-8-4-7-24-27)25-17(22-2)23-10-16-26-15(11-28-16)18(19,20)21/h3-9,11-12H,10H2,1-2H3,(H2,22,23,25). The topological polar surface area (TPSA) is 67.1 Å². The maximum atomic E-state index is 12.6. The van der Waals surface area contributed by atoms with Gasteiger partial charge < -0.3 is 10.6 Å². The second-order valence-electron chi connectivity index (χ2n) is 5.96. The van der Waals surface area contributed by atoms with E-state index in [2.05, 4.69) is 25.7 Å². The molecule has 2 N–H and O–H groups in total. The molecule has 1 aromatic carbocycles. The van der Waals surface area contributed by atoms with Gasteiger partial charge in [0.05, 0.1) is 18.3 Å². The molecule has 0 saturated heterocycles. The van der Waals surface area contributed by atoms with E-state index in [4.69, 9.17) is 0 Å². The molecule has 0 aliphatic rings. The molecule has 1 atom stereocenters. The Balaban J connectivity index is 1.62. The monoisotopic (exact) mass is 408 g/mol. The number of halogens is 3. The van der Waals surface area contributed by atoms with Crippen LogP contribution in [0.3, 0.4) is 0 Å². The van der Waals surface area contributed by atoms with Gasteiger partial charge in [-0.3, -0.25) is 4.99 Å². The van der Waals surface area contributed by atoms with Gasteiger partial charge in [-0.05, 0) is 30.7 Å². The van der Waals surface area contributed by atoms with Crippen LogP contribution < -0.4 is 10.6 Å². The molecular weight excluding hydrogens is 389 g/mol. The summed E-state index contributed by atoms with van der Waals surface area (Å²) in [6, 6.07) is 9.65. The van der Waals surface area contributed by atoms with E-state index in [-0.39, 0.29) is 12.6 Å². The summed E-state index contributed by atoms with van der Waals surface area (Å²) < 4.78 is 39.7. The third-order valence-corrected chi connectivity index (χ3v) is 4.81. The molecular formula is C18H19F3N6S. The molecule has 2 heterocycles. The minimum absolute atomic E-state index is 0.0799. The SMILES string of the molecule is CN=C(NCc1nc(C(F)(F)F)cs1)NC(C)c1cccc(-n2cccn2)c1. The lowest BCUT2D eigenvalue weighted by Gasteiger charge is -2.18. The number of aliphatic imine (C=N–C) groups is 1. The van der Waals surface area contributed by atoms with Gasteiger partial charge in [0, 0.05) is 24.8 Å². The maximum Gasteiger partial charge on any atom is 0.434 e. The molecule has 2 aromatic heterocycles. The van der Waals surface area contributed by atoms with Crippen molar-refractivity contribution in [3.05, 3.63) is 64.4 Å². The van der Waals surface area contributed by atoms with E-state index in [0.29, 0.717) is 11.0 Å². The predicted molar refractivity (Wildman–Crippen MR) is 102 cm³/mol. The molecule has 0 fully saturated rings. The van der Waals surface area contributed by atoms with E-state index >= 15 is 0 Å². The van der Waals surface area contributed by atoms with Gasteiger partial charge >= 0.3 is 6.18 Å². The Morgan fingerprint density at radius 2 is 2.14 bits per heavy atom. The first-order chi connectivity index (χ1) is 13.4. The highest BCUT2D eigenvalue weighted by molar-refractivity contribution is 7.09. The van der Waals surface area contributed by atoms with Gasteiger partial charge in [-0.15, -0.1) is 11.3 Å². The second-order valence-corrected chi connectivity index (χ2v) is 6.90. The molecule has 10 heteroatoms. The number of alkyl halides is 3. The number of thiazole rings is 1. The van der Waals surface area contributed by atoms with E-state index in [0.717, 1.165) is 28.0 Å². The molecule has 3 rings (SSSR count). The van der Waals surface area contributed by atoms with Crippen molar-refractivity contribution in [2.24, 2.45) is 4.99 Å². The van der Waals surface area contributed by atoms with Crippen molar-refractivity contribution in [3.63, 3.8) is 0 Å². The van der Waals surface area contributed by atoms with Crippen molar-refractivity contribution in [2.75, 3.05) is 7.05 Å². The first-order valence-corrected chi connectivity index (χ1v) is 9.33. The zero-order valence-electron chi connectivity index (χ0n) is 15.2. The molecule has 1 unspecified atom stereocenters. The van der Waals surface area contributed by atoms with E-state index < -0.39 is 11.9 Å². The van der Waals surface area contributed by atoms with Gasteiger partial charge in [-0.1, -0.05) is 12.1 Å². The van der Waals surface area contributed by atoms with Crippen LogP contribution in [0.25, 0.3) is 5.69 Å². The van der Waals surface area contributed by atoms with Crippen molar-refractivity contribution in [1.82, 2.24) is 25.4 Å². The van der Waals surface area contributed by atoms with Crippen LogP contribution in [0.2, 0.25) is 0 Å². The zero-order chi connectivity index (χ0) is 20.1. The van der Waals surface area contributed by atoms with Crippen LogP contribution in [0.5, 0.6) is 0 Å². The number of hydrogen-bond acceptors (Lipinski definition) is 4. The van der Waals surface area contributed by atoms with Crippen LogP contribution in [-0.2, 0) is 12.7 Å². The third-order valence-electron chi connectivity index (χ3n) is 3.97. The third kappa shape index (κ3) is 4.89. The van der Waals surface area contributed by atoms with Gasteiger partial charge in [0.1, 0.15) is 5.01 Å². The fourth-order valence-corrected chi connectivity index (χ4v) is 3.26. The summed E-state index contributed by atoms with van der Waals surface area (Å²) in [4.78, 5) is 7.73. The highest BCUT2D eigenvalue weighted by Gasteiger charge is 2.33. The summed E-state index contributed by atoms with van der Waals surface area (Å²) in [6.45, 7) is 2.13. The molecule has 0 radical (unpaired) electrons. The fourth-order valence-electron chi connectivity index (χ4n) is 2.52. The number of nitrogens with zero attached hydrogens (tertiary/aromatic N) is 4. The summed E-state index contributed by atoms with van der Waals surface area (Å²) >= 11 is 0.958. The second kappa shape index (κ2) is 8.42. The maximum absolute atomic E-state index is 12.6. The fraction of sp³-hybridized carbons (Fsp3) is 0.278. The zero-order valence-corrected chi connectivity index (χ0v) is 16.1. The average Bonchev–Trinajstić information content (AvgIpc) is 3.36. The molecule has 148 valence electrons. The highest BCUT2D eigenvalue weighted by Crippen LogP contribution is 2.29. The predicted octanol–water partition coefficient (Wildman–Crippen LogP) is 3.77. The van der Waals surface area contributed by atoms with Crippen molar-refractivity contribution in [2.45, 2.75) is 25.7 Å². The van der Waals surface area contributed by atoms with E-state index in [1.807, 2.05) is 43.5 Å². The Morgan fingerprint density at radius 3 is 2.79 bits per heavy atom. The molecule has 3 aromatic rings. The lowest BCUT2D eigenvalue weighted by molar-refractivity contribution is -0.140. The van der Waals surface area contributed by atoms with E-state index in [1.54, 1.807) is 17.9 Å². The first-order valence-electron chi connectivity index (χ1n) is 8.45. The van der Waals surface area contributed by atoms with Gasteiger partial charge in [-0.25, -0.2) is 9.67 Å². The quantitative estimate of drug-likeness (QED) is 0.498. The molecule has 6 nitrogen and oxygen atoms in total. The van der Waals surface area contributed by atoms with Crippen LogP contribution in [0.1, 0.15) is 29.2 Å². The number of benzene rings is 1. The number of hydrogen-bond donors (Lipinski definition) is 2. The molecule has 0 saturated carbocycles. The Hall–Kier alpha value is -2.88. The van der Waals surface area contributed by atoms with Gasteiger partial charge in [-0.2, -0.15) is 18.3 Å². The van der Waals surface area contributed by atoms with Crippen LogP contribution in [-0.4, -0.2) is 27.8 Å². The Kier molecular flexibility index (Phi) is 5.98. The normalized spacial score (nSPS) is 13.4. The molecule has 28 heavy (non-hydrogen) atoms. The average molecular weight is 408 g/mol. The number of aromatic nitrogens is 3. The summed E-state index contributed by atoms with van der Waals surface area (Å²) in [5.41, 5.74) is 1.08. The molecule has 0 amide bonds. The Bertz CT molecular complexity index is 933. The van der Waals surface area contributed by atoms with Gasteiger partial charge in [0.2, 0.25) is 0 Å². The Labute approximate surface area is 164 Å². The lowest BCUT2D eigenvalue weighted by Crippen LogP contribution is -2.38. The van der Waals surface area contributed by atoms with Crippen molar-refractivity contribution >= 4 is 17.3 Å². The summed E-state index contributed by atoms with van der Waals surface area (Å²) in [5, 5.41) is 11.8. The van der Waals surface area contributed by atoms with Gasteiger partial charge in [0.25, 0.3) is 0 Å². The molecule has 0 bridgehead atoms. The molecule has 0 aliphatic carbocycles. The summed E-state index contributed by atoms with van der Waals surface area (Å²) in [5.74, 6) is 0.473. The van der Waals surface area contributed by atoms with Crippen molar-refractivity contribution < 1.29 is 13.2 Å². The number of guanidine groups is 1. The largest absolute Gasteiger partial charge is 0.434 e. The minimum Gasteiger partial charge on any atom is -0.350 e. The Morgan fingerprint density at radius 1 is 1.32 bits per heavy atom. The molecule has 0 aliphatic heterocycles.